The zero-order valence-electron chi connectivity index (χ0n) is 23.5. The number of amides is 3. The van der Waals surface area contributed by atoms with Gasteiger partial charge in [-0.15, -0.1) is 0 Å². The third-order valence-corrected chi connectivity index (χ3v) is 7.44. The summed E-state index contributed by atoms with van der Waals surface area (Å²) in [6.45, 7) is 3.45. The summed E-state index contributed by atoms with van der Waals surface area (Å²) in [6, 6.07) is 19.6. The first kappa shape index (κ1) is 29.5. The predicted octanol–water partition coefficient (Wildman–Crippen LogP) is 3.85. The molecule has 0 spiro atoms. The molecule has 9 nitrogen and oxygen atoms in total. The van der Waals surface area contributed by atoms with Crippen LogP contribution >= 0.6 is 0 Å². The second-order valence-corrected chi connectivity index (χ2v) is 10.4. The summed E-state index contributed by atoms with van der Waals surface area (Å²) in [4.78, 5) is 50.5. The fraction of sp³-hybridized carbons (Fsp3) is 0.312. The number of anilines is 1. The van der Waals surface area contributed by atoms with Crippen molar-refractivity contribution in [2.75, 3.05) is 12.4 Å². The number of hydrogen-bond acceptors (Lipinski definition) is 6. The molecule has 0 saturated heterocycles. The molecule has 0 heterocycles. The third kappa shape index (κ3) is 7.18. The number of nitrogens with two attached hydrogens (primary N) is 1. The topological polar surface area (TPSA) is 140 Å². The Bertz CT molecular complexity index is 1400. The highest BCUT2D eigenvalue weighted by Gasteiger charge is 2.31. The Kier molecular flexibility index (Phi) is 9.52. The number of hydrogen-bond donors (Lipinski definition) is 4. The predicted molar refractivity (Wildman–Crippen MR) is 156 cm³/mol. The third-order valence-electron chi connectivity index (χ3n) is 7.44. The van der Waals surface area contributed by atoms with E-state index in [2.05, 4.69) is 26.8 Å². The fourth-order valence-corrected chi connectivity index (χ4v) is 5.01. The quantitative estimate of drug-likeness (QED) is 0.295. The number of nitrogens with one attached hydrogen (secondary N) is 3. The molecule has 214 valence electrons. The monoisotopic (exact) mass is 556 g/mol. The van der Waals surface area contributed by atoms with Crippen LogP contribution in [0, 0.1) is 0 Å². The van der Waals surface area contributed by atoms with Gasteiger partial charge in [-0.1, -0.05) is 43.3 Å². The van der Waals surface area contributed by atoms with Crippen molar-refractivity contribution in [3.8, 4) is 0 Å². The lowest BCUT2D eigenvalue weighted by molar-refractivity contribution is -0.130. The molecule has 41 heavy (non-hydrogen) atoms. The first-order chi connectivity index (χ1) is 19.7. The first-order valence-electron chi connectivity index (χ1n) is 13.7. The molecule has 4 atom stereocenters. The molecule has 5 N–H and O–H groups in total. The van der Waals surface area contributed by atoms with E-state index in [4.69, 9.17) is 5.73 Å². The van der Waals surface area contributed by atoms with E-state index in [1.807, 2.05) is 37.3 Å². The van der Waals surface area contributed by atoms with E-state index in [0.717, 1.165) is 30.4 Å². The van der Waals surface area contributed by atoms with Crippen molar-refractivity contribution in [2.24, 2.45) is 5.73 Å². The lowest BCUT2D eigenvalue weighted by Gasteiger charge is -2.31. The summed E-state index contributed by atoms with van der Waals surface area (Å²) in [5, 5.41) is 8.82. The van der Waals surface area contributed by atoms with Crippen molar-refractivity contribution in [3.63, 3.8) is 0 Å². The summed E-state index contributed by atoms with van der Waals surface area (Å²) in [5.74, 6) is -1.89. The molecule has 2 unspecified atom stereocenters. The fourth-order valence-electron chi connectivity index (χ4n) is 5.01. The maximum absolute atomic E-state index is 13.6. The molecule has 9 heteroatoms. The highest BCUT2D eigenvalue weighted by molar-refractivity contribution is 6.04. The molecular weight excluding hydrogens is 520 g/mol. The van der Waals surface area contributed by atoms with Crippen molar-refractivity contribution in [2.45, 2.75) is 57.2 Å². The largest absolute Gasteiger partial charge is 0.465 e. The van der Waals surface area contributed by atoms with Crippen LogP contribution in [0.1, 0.15) is 76.1 Å². The normalized spacial score (nSPS) is 16.3. The van der Waals surface area contributed by atoms with Crippen LogP contribution in [-0.4, -0.2) is 42.9 Å². The number of rotatable bonds is 9. The second-order valence-electron chi connectivity index (χ2n) is 10.4. The average Bonchev–Trinajstić information content (AvgIpc) is 2.99. The highest BCUT2D eigenvalue weighted by Crippen LogP contribution is 2.30. The summed E-state index contributed by atoms with van der Waals surface area (Å²) >= 11 is 0. The maximum atomic E-state index is 13.6. The Balaban J connectivity index is 1.47. The van der Waals surface area contributed by atoms with Crippen molar-refractivity contribution in [1.29, 1.82) is 0 Å². The van der Waals surface area contributed by atoms with Gasteiger partial charge < -0.3 is 26.4 Å². The summed E-state index contributed by atoms with van der Waals surface area (Å²) in [7, 11) is 1.30. The Morgan fingerprint density at radius 1 is 0.878 bits per heavy atom. The molecule has 4 rings (SSSR count). The molecule has 1 aliphatic carbocycles. The standard InChI is InChI=1S/C32H36N4O5/c1-19(21-15-17-25(18-16-21)34-30(38)23-11-13-24(14-12-23)32(40)41-3)28(36-29(37)20(2)33)31(39)35-27-10-6-8-22-7-4-5-9-26(22)27/h4-5,7,9,11-20,27-28H,6,8,10,33H2,1-3H3,(H,34,38)(H,35,39)(H,36,37)/t19-,20-,27?,28?/m0/s1. The Morgan fingerprint density at radius 2 is 1.54 bits per heavy atom. The molecule has 3 aromatic carbocycles. The lowest BCUT2D eigenvalue weighted by Crippen LogP contribution is -2.53. The van der Waals surface area contributed by atoms with Gasteiger partial charge in [-0.25, -0.2) is 4.79 Å². The van der Waals surface area contributed by atoms with Crippen LogP contribution in [-0.2, 0) is 20.7 Å². The van der Waals surface area contributed by atoms with Crippen molar-refractivity contribution < 1.29 is 23.9 Å². The van der Waals surface area contributed by atoms with Crippen LogP contribution in [0.25, 0.3) is 0 Å². The number of esters is 1. The molecule has 1 aliphatic rings. The van der Waals surface area contributed by atoms with Crippen LogP contribution in [0.15, 0.2) is 72.8 Å². The van der Waals surface area contributed by atoms with Crippen LogP contribution < -0.4 is 21.7 Å². The van der Waals surface area contributed by atoms with E-state index in [0.29, 0.717) is 16.8 Å². The molecule has 0 aromatic heterocycles. The summed E-state index contributed by atoms with van der Waals surface area (Å²) in [5.41, 5.74) is 10.2. The van der Waals surface area contributed by atoms with Gasteiger partial charge in [-0.2, -0.15) is 0 Å². The maximum Gasteiger partial charge on any atom is 0.337 e. The van der Waals surface area contributed by atoms with Gasteiger partial charge >= 0.3 is 5.97 Å². The van der Waals surface area contributed by atoms with E-state index in [9.17, 15) is 19.2 Å². The number of benzene rings is 3. The van der Waals surface area contributed by atoms with Crippen molar-refractivity contribution in [1.82, 2.24) is 10.6 Å². The van der Waals surface area contributed by atoms with Gasteiger partial charge in [0.1, 0.15) is 6.04 Å². The SMILES string of the molecule is COC(=O)c1ccc(C(=O)Nc2ccc([C@H](C)C(NC(=O)[C@H](C)N)C(=O)NC3CCCc4ccccc43)cc2)cc1. The minimum atomic E-state index is -0.851. The Hall–Kier alpha value is -4.50. The molecule has 0 fully saturated rings. The Labute approximate surface area is 239 Å². The van der Waals surface area contributed by atoms with Crippen LogP contribution in [0.2, 0.25) is 0 Å². The minimum absolute atomic E-state index is 0.131. The summed E-state index contributed by atoms with van der Waals surface area (Å²) in [6.07, 6.45) is 2.77. The van der Waals surface area contributed by atoms with Crippen LogP contribution in [0.4, 0.5) is 5.69 Å². The number of carbonyl (C=O) groups excluding carboxylic acids is 4. The molecule has 0 bridgehead atoms. The van der Waals surface area contributed by atoms with Crippen LogP contribution in [0.3, 0.4) is 0 Å². The van der Waals surface area contributed by atoms with Crippen molar-refractivity contribution in [3.05, 3.63) is 101 Å². The molecule has 3 amide bonds. The smallest absolute Gasteiger partial charge is 0.337 e. The van der Waals surface area contributed by atoms with E-state index in [1.54, 1.807) is 31.2 Å². The second kappa shape index (κ2) is 13.2. The van der Waals surface area contributed by atoms with Gasteiger partial charge in [0.25, 0.3) is 5.91 Å². The zero-order chi connectivity index (χ0) is 29.5. The van der Waals surface area contributed by atoms with E-state index in [-0.39, 0.29) is 23.8 Å². The van der Waals surface area contributed by atoms with E-state index >= 15 is 0 Å². The van der Waals surface area contributed by atoms with Crippen LogP contribution in [0.5, 0.6) is 0 Å². The van der Waals surface area contributed by atoms with Gasteiger partial charge in [-0.3, -0.25) is 14.4 Å². The van der Waals surface area contributed by atoms with Gasteiger partial charge in [0.15, 0.2) is 0 Å². The first-order valence-corrected chi connectivity index (χ1v) is 13.7. The van der Waals surface area contributed by atoms with Gasteiger partial charge in [0.05, 0.1) is 24.8 Å². The molecule has 3 aromatic rings. The minimum Gasteiger partial charge on any atom is -0.465 e. The average molecular weight is 557 g/mol. The molecule has 0 aliphatic heterocycles. The van der Waals surface area contributed by atoms with Gasteiger partial charge in [0, 0.05) is 17.2 Å². The highest BCUT2D eigenvalue weighted by atomic mass is 16.5. The number of fused-ring (bicyclic) bond motifs is 1. The van der Waals surface area contributed by atoms with E-state index in [1.165, 1.54) is 24.8 Å². The molecular formula is C32H36N4O5. The number of carbonyl (C=O) groups is 4. The van der Waals surface area contributed by atoms with Gasteiger partial charge in [0.2, 0.25) is 11.8 Å². The number of ether oxygens (including phenoxy) is 1. The number of methoxy groups -OCH3 is 1. The number of aryl methyl sites for hydroxylation is 1. The zero-order valence-corrected chi connectivity index (χ0v) is 23.5. The Morgan fingerprint density at radius 3 is 2.20 bits per heavy atom. The molecule has 0 radical (unpaired) electrons. The summed E-state index contributed by atoms with van der Waals surface area (Å²) < 4.78 is 4.69. The lowest BCUT2D eigenvalue weighted by atomic mass is 9.87. The molecule has 0 saturated carbocycles. The van der Waals surface area contributed by atoms with Crippen molar-refractivity contribution >= 4 is 29.4 Å². The van der Waals surface area contributed by atoms with E-state index < -0.39 is 24.0 Å². The van der Waals surface area contributed by atoms with Gasteiger partial charge in [-0.05, 0) is 79.3 Å².